The number of nitrogens with zero attached hydrogens (tertiary/aromatic N) is 3. The Kier molecular flexibility index (Phi) is 5.65. The van der Waals surface area contributed by atoms with Gasteiger partial charge in [-0.25, -0.2) is 4.79 Å². The molecule has 2 aliphatic heterocycles. The summed E-state index contributed by atoms with van der Waals surface area (Å²) in [6.45, 7) is 2.16. The quantitative estimate of drug-likeness (QED) is 0.747. The molecule has 2 N–H and O–H groups in total. The lowest BCUT2D eigenvalue weighted by Crippen LogP contribution is -2.46. The Hall–Kier alpha value is -3.39. The zero-order valence-electron chi connectivity index (χ0n) is 17.1. The Morgan fingerprint density at radius 1 is 1.29 bits per heavy atom. The molecule has 0 bridgehead atoms. The van der Waals surface area contributed by atoms with E-state index in [-0.39, 0.29) is 24.4 Å². The van der Waals surface area contributed by atoms with Crippen molar-refractivity contribution in [1.82, 2.24) is 25.4 Å². The van der Waals surface area contributed by atoms with Gasteiger partial charge in [-0.15, -0.1) is 0 Å². The Labute approximate surface area is 184 Å². The van der Waals surface area contributed by atoms with Crippen LogP contribution >= 0.6 is 11.6 Å². The molecule has 2 aliphatic rings. The predicted molar refractivity (Wildman–Crippen MR) is 115 cm³/mol. The van der Waals surface area contributed by atoms with Crippen LogP contribution in [0, 0.1) is 0 Å². The van der Waals surface area contributed by atoms with Gasteiger partial charge in [0.1, 0.15) is 6.04 Å². The van der Waals surface area contributed by atoms with E-state index in [4.69, 9.17) is 11.6 Å². The molecule has 2 aromatic rings. The molecule has 3 heterocycles. The highest BCUT2D eigenvalue weighted by Crippen LogP contribution is 2.38. The fraction of sp³-hybridized carbons (Fsp3) is 0.273. The number of pyridine rings is 1. The molecule has 2 atom stereocenters. The van der Waals surface area contributed by atoms with Gasteiger partial charge < -0.3 is 15.5 Å². The van der Waals surface area contributed by atoms with Gasteiger partial charge in [-0.3, -0.25) is 19.5 Å². The minimum atomic E-state index is -0.717. The molecule has 0 saturated heterocycles. The molecule has 1 aromatic heterocycles. The van der Waals surface area contributed by atoms with E-state index in [1.165, 1.54) is 9.80 Å². The van der Waals surface area contributed by atoms with Crippen LogP contribution in [0.15, 0.2) is 60.1 Å². The van der Waals surface area contributed by atoms with Gasteiger partial charge in [-0.1, -0.05) is 35.9 Å². The maximum absolute atomic E-state index is 13.4. The van der Waals surface area contributed by atoms with E-state index >= 15 is 0 Å². The molecule has 0 saturated carbocycles. The summed E-state index contributed by atoms with van der Waals surface area (Å²) >= 11 is 6.35. The summed E-state index contributed by atoms with van der Waals surface area (Å²) < 4.78 is 0. The Morgan fingerprint density at radius 3 is 2.77 bits per heavy atom. The summed E-state index contributed by atoms with van der Waals surface area (Å²) in [6.07, 6.45) is 3.33. The van der Waals surface area contributed by atoms with E-state index in [2.05, 4.69) is 15.6 Å². The van der Waals surface area contributed by atoms with Gasteiger partial charge >= 0.3 is 6.03 Å². The van der Waals surface area contributed by atoms with E-state index in [9.17, 15) is 14.4 Å². The number of aromatic nitrogens is 1. The molecule has 4 rings (SSSR count). The molecular formula is C22H22ClN5O3. The molecule has 31 heavy (non-hydrogen) atoms. The van der Waals surface area contributed by atoms with Gasteiger partial charge in [0.05, 0.1) is 23.9 Å². The number of hydrogen-bond acceptors (Lipinski definition) is 4. The lowest BCUT2D eigenvalue weighted by Gasteiger charge is -2.31. The second-order valence-electron chi connectivity index (χ2n) is 7.51. The number of amides is 4. The summed E-state index contributed by atoms with van der Waals surface area (Å²) in [6, 6.07) is 9.03. The van der Waals surface area contributed by atoms with Crippen LogP contribution < -0.4 is 10.6 Å². The molecule has 0 aliphatic carbocycles. The average Bonchev–Trinajstić information content (AvgIpc) is 3.12. The smallest absolute Gasteiger partial charge is 0.322 e. The second-order valence-corrected chi connectivity index (χ2v) is 7.92. The highest BCUT2D eigenvalue weighted by Gasteiger charge is 2.45. The normalized spacial score (nSPS) is 19.3. The summed E-state index contributed by atoms with van der Waals surface area (Å²) in [5.41, 5.74) is 2.51. The van der Waals surface area contributed by atoms with Crippen LogP contribution in [0.1, 0.15) is 24.1 Å². The average molecular weight is 440 g/mol. The number of carbonyl (C=O) groups excluding carboxylic acids is 3. The van der Waals surface area contributed by atoms with E-state index in [0.717, 1.165) is 5.56 Å². The van der Waals surface area contributed by atoms with Gasteiger partial charge in [-0.05, 0) is 30.2 Å². The minimum Gasteiger partial charge on any atom is -0.350 e. The van der Waals surface area contributed by atoms with Crippen molar-refractivity contribution in [3.63, 3.8) is 0 Å². The van der Waals surface area contributed by atoms with Crippen LogP contribution in [0.3, 0.4) is 0 Å². The van der Waals surface area contributed by atoms with Gasteiger partial charge in [0.25, 0.3) is 5.91 Å². The number of carbonyl (C=O) groups is 3. The van der Waals surface area contributed by atoms with E-state index in [1.807, 2.05) is 6.07 Å². The number of nitrogens with one attached hydrogen (secondary N) is 2. The SMILES string of the molecule is C[C@@H](C(=O)NCc1cccnc1)N1CC2=C(C1=O)[C@H](c1ccccc1Cl)NC(=O)N2C. The molecule has 0 spiro atoms. The van der Waals surface area contributed by atoms with E-state index < -0.39 is 12.1 Å². The van der Waals surface area contributed by atoms with E-state index in [1.54, 1.807) is 56.7 Å². The monoisotopic (exact) mass is 439 g/mol. The Balaban J connectivity index is 1.55. The third kappa shape index (κ3) is 3.86. The van der Waals surface area contributed by atoms with Crippen LogP contribution in [0.4, 0.5) is 4.79 Å². The molecular weight excluding hydrogens is 418 g/mol. The van der Waals surface area contributed by atoms with Crippen molar-refractivity contribution in [3.05, 3.63) is 76.2 Å². The molecule has 9 heteroatoms. The standard InChI is InChI=1S/C22H22ClN5O3/c1-13(20(29)25-11-14-6-5-9-24-10-14)28-12-17-18(21(28)30)19(26-22(31)27(17)2)15-7-3-4-8-16(15)23/h3-10,13,19H,11-12H2,1-2H3,(H,25,29)(H,26,31)/t13-,19-/m0/s1. The zero-order valence-corrected chi connectivity index (χ0v) is 17.9. The highest BCUT2D eigenvalue weighted by atomic mass is 35.5. The number of likely N-dealkylation sites (N-methyl/N-ethyl adjacent to an activating group) is 1. The third-order valence-corrected chi connectivity index (χ3v) is 5.99. The zero-order chi connectivity index (χ0) is 22.1. The first kappa shape index (κ1) is 20.9. The largest absolute Gasteiger partial charge is 0.350 e. The van der Waals surface area contributed by atoms with Crippen molar-refractivity contribution < 1.29 is 14.4 Å². The van der Waals surface area contributed by atoms with Crippen LogP contribution in [0.25, 0.3) is 0 Å². The number of rotatable bonds is 5. The lowest BCUT2D eigenvalue weighted by atomic mass is 9.95. The molecule has 4 amide bonds. The number of benzene rings is 1. The van der Waals surface area contributed by atoms with Crippen molar-refractivity contribution in [2.75, 3.05) is 13.6 Å². The summed E-state index contributed by atoms with van der Waals surface area (Å²) in [7, 11) is 1.61. The molecule has 0 radical (unpaired) electrons. The number of halogens is 1. The van der Waals surface area contributed by atoms with Crippen molar-refractivity contribution in [1.29, 1.82) is 0 Å². The second kappa shape index (κ2) is 8.39. The number of urea groups is 1. The number of hydrogen-bond donors (Lipinski definition) is 2. The summed E-state index contributed by atoms with van der Waals surface area (Å²) in [5.74, 6) is -0.580. The van der Waals surface area contributed by atoms with Crippen LogP contribution in [-0.4, -0.2) is 52.3 Å². The summed E-state index contributed by atoms with van der Waals surface area (Å²) in [5, 5.41) is 6.15. The van der Waals surface area contributed by atoms with Gasteiger partial charge in [0.15, 0.2) is 0 Å². The predicted octanol–water partition coefficient (Wildman–Crippen LogP) is 2.23. The maximum Gasteiger partial charge on any atom is 0.322 e. The fourth-order valence-corrected chi connectivity index (χ4v) is 4.07. The first-order chi connectivity index (χ1) is 14.9. The first-order valence-corrected chi connectivity index (χ1v) is 10.3. The third-order valence-electron chi connectivity index (χ3n) is 5.64. The van der Waals surface area contributed by atoms with Crippen LogP contribution in [0.5, 0.6) is 0 Å². The van der Waals surface area contributed by atoms with Crippen LogP contribution in [0.2, 0.25) is 5.02 Å². The molecule has 160 valence electrons. The first-order valence-electron chi connectivity index (χ1n) is 9.87. The molecule has 0 fully saturated rings. The molecule has 8 nitrogen and oxygen atoms in total. The van der Waals surface area contributed by atoms with Crippen molar-refractivity contribution in [2.24, 2.45) is 0 Å². The van der Waals surface area contributed by atoms with Crippen LogP contribution in [-0.2, 0) is 16.1 Å². The Bertz CT molecular complexity index is 1070. The van der Waals surface area contributed by atoms with Crippen molar-refractivity contribution in [2.45, 2.75) is 25.6 Å². The maximum atomic E-state index is 13.4. The lowest BCUT2D eigenvalue weighted by molar-refractivity contribution is -0.135. The fourth-order valence-electron chi connectivity index (χ4n) is 3.82. The van der Waals surface area contributed by atoms with Crippen molar-refractivity contribution in [3.8, 4) is 0 Å². The van der Waals surface area contributed by atoms with E-state index in [0.29, 0.717) is 28.4 Å². The Morgan fingerprint density at radius 2 is 2.06 bits per heavy atom. The topological polar surface area (TPSA) is 94.6 Å². The van der Waals surface area contributed by atoms with Crippen molar-refractivity contribution >= 4 is 29.4 Å². The van der Waals surface area contributed by atoms with Gasteiger partial charge in [0.2, 0.25) is 5.91 Å². The van der Waals surface area contributed by atoms with Gasteiger partial charge in [0, 0.05) is 31.0 Å². The van der Waals surface area contributed by atoms with Gasteiger partial charge in [-0.2, -0.15) is 0 Å². The molecule has 1 aromatic carbocycles. The highest BCUT2D eigenvalue weighted by molar-refractivity contribution is 6.31. The molecule has 0 unspecified atom stereocenters. The minimum absolute atomic E-state index is 0.167. The summed E-state index contributed by atoms with van der Waals surface area (Å²) in [4.78, 5) is 45.6.